The number of aromatic nitrogens is 1. The average molecular weight is 147 g/mol. The van der Waals surface area contributed by atoms with Crippen LogP contribution in [0.1, 0.15) is 18.7 Å². The topological polar surface area (TPSA) is 41.8 Å². The summed E-state index contributed by atoms with van der Waals surface area (Å²) in [7, 11) is 0. The highest BCUT2D eigenvalue weighted by Crippen LogP contribution is 2.03. The molecule has 1 aromatic heterocycles. The van der Waals surface area contributed by atoms with Crippen molar-refractivity contribution < 1.29 is 0 Å². The van der Waals surface area contributed by atoms with Gasteiger partial charge in [0.2, 0.25) is 0 Å². The van der Waals surface area contributed by atoms with Gasteiger partial charge in [0.05, 0.1) is 0 Å². The fraction of sp³-hybridized carbons (Fsp3) is 0.333. The first-order valence-corrected chi connectivity index (χ1v) is 2.69. The molecular formula is C6H11ClN2. The fourth-order valence-electron chi connectivity index (χ4n) is 0.627. The van der Waals surface area contributed by atoms with Crippen molar-refractivity contribution in [2.24, 2.45) is 5.73 Å². The molecule has 0 amide bonds. The summed E-state index contributed by atoms with van der Waals surface area (Å²) in [5.41, 5.74) is 6.61. The summed E-state index contributed by atoms with van der Waals surface area (Å²) in [6.07, 6.45) is 1.87. The van der Waals surface area contributed by atoms with Crippen LogP contribution in [0, 0.1) is 0 Å². The number of rotatable bonds is 1. The molecule has 0 radical (unpaired) electrons. The third-order valence-electron chi connectivity index (χ3n) is 1.11. The lowest BCUT2D eigenvalue weighted by Gasteiger charge is -1.97. The summed E-state index contributed by atoms with van der Waals surface area (Å²) >= 11 is 0. The first-order chi connectivity index (χ1) is 3.80. The number of nitrogens with one attached hydrogen (secondary N) is 1. The van der Waals surface area contributed by atoms with Crippen molar-refractivity contribution in [2.75, 3.05) is 0 Å². The van der Waals surface area contributed by atoms with E-state index >= 15 is 0 Å². The number of hydrogen-bond donors (Lipinski definition) is 2. The molecule has 0 bridgehead atoms. The highest BCUT2D eigenvalue weighted by atomic mass is 35.5. The molecule has 1 aromatic rings. The molecular weight excluding hydrogens is 136 g/mol. The third kappa shape index (κ3) is 2.08. The minimum absolute atomic E-state index is 0. The van der Waals surface area contributed by atoms with E-state index in [4.69, 9.17) is 5.73 Å². The summed E-state index contributed by atoms with van der Waals surface area (Å²) in [5.74, 6) is 0. The normalized spacial score (nSPS) is 12.2. The molecule has 0 aliphatic carbocycles. The third-order valence-corrected chi connectivity index (χ3v) is 1.11. The van der Waals surface area contributed by atoms with E-state index < -0.39 is 0 Å². The van der Waals surface area contributed by atoms with Gasteiger partial charge in [-0.2, -0.15) is 0 Å². The molecule has 0 aromatic carbocycles. The quantitative estimate of drug-likeness (QED) is 0.619. The monoisotopic (exact) mass is 146 g/mol. The number of halogens is 1. The molecule has 0 aliphatic heterocycles. The smallest absolute Gasteiger partial charge is 0.0419 e. The zero-order valence-corrected chi connectivity index (χ0v) is 6.11. The van der Waals surface area contributed by atoms with E-state index in [2.05, 4.69) is 4.98 Å². The highest BCUT2D eigenvalue weighted by Gasteiger charge is 1.94. The maximum Gasteiger partial charge on any atom is 0.0419 e. The van der Waals surface area contributed by atoms with Crippen molar-refractivity contribution in [1.82, 2.24) is 4.98 Å². The van der Waals surface area contributed by atoms with E-state index in [9.17, 15) is 0 Å². The Labute approximate surface area is 60.9 Å². The Hall–Kier alpha value is -0.470. The summed E-state index contributed by atoms with van der Waals surface area (Å²) < 4.78 is 0. The van der Waals surface area contributed by atoms with Crippen LogP contribution in [0.4, 0.5) is 0 Å². The summed E-state index contributed by atoms with van der Waals surface area (Å²) in [5, 5.41) is 0. The fourth-order valence-corrected chi connectivity index (χ4v) is 0.627. The SMILES string of the molecule is C[C@H](N)c1ccc[nH]1.Cl. The van der Waals surface area contributed by atoms with Gasteiger partial charge in [0.25, 0.3) is 0 Å². The van der Waals surface area contributed by atoms with Crippen LogP contribution in [-0.4, -0.2) is 4.98 Å². The minimum atomic E-state index is 0. The number of nitrogens with two attached hydrogens (primary N) is 1. The predicted molar refractivity (Wildman–Crippen MR) is 40.6 cm³/mol. The molecule has 0 fully saturated rings. The lowest BCUT2D eigenvalue weighted by atomic mass is 10.3. The van der Waals surface area contributed by atoms with Crippen LogP contribution < -0.4 is 5.73 Å². The van der Waals surface area contributed by atoms with Crippen LogP contribution in [0.2, 0.25) is 0 Å². The summed E-state index contributed by atoms with van der Waals surface area (Å²) in [4.78, 5) is 3.01. The van der Waals surface area contributed by atoms with Crippen molar-refractivity contribution in [3.05, 3.63) is 24.0 Å². The second-order valence-corrected chi connectivity index (χ2v) is 1.91. The van der Waals surface area contributed by atoms with Crippen molar-refractivity contribution in [3.8, 4) is 0 Å². The Bertz CT molecular complexity index is 146. The Morgan fingerprint density at radius 2 is 2.33 bits per heavy atom. The van der Waals surface area contributed by atoms with Crippen molar-refractivity contribution in [1.29, 1.82) is 0 Å². The second kappa shape index (κ2) is 3.54. The van der Waals surface area contributed by atoms with E-state index in [-0.39, 0.29) is 18.4 Å². The van der Waals surface area contributed by atoms with Gasteiger partial charge in [0, 0.05) is 17.9 Å². The second-order valence-electron chi connectivity index (χ2n) is 1.91. The largest absolute Gasteiger partial charge is 0.364 e. The number of hydrogen-bond acceptors (Lipinski definition) is 1. The minimum Gasteiger partial charge on any atom is -0.364 e. The van der Waals surface area contributed by atoms with Crippen molar-refractivity contribution in [3.63, 3.8) is 0 Å². The van der Waals surface area contributed by atoms with Gasteiger partial charge in [0.15, 0.2) is 0 Å². The molecule has 1 rings (SSSR count). The molecule has 1 heterocycles. The van der Waals surface area contributed by atoms with Gasteiger partial charge in [-0.1, -0.05) is 0 Å². The Morgan fingerprint density at radius 3 is 2.56 bits per heavy atom. The molecule has 0 saturated carbocycles. The van der Waals surface area contributed by atoms with Crippen LogP contribution >= 0.6 is 12.4 Å². The zero-order valence-electron chi connectivity index (χ0n) is 5.29. The molecule has 2 nitrogen and oxygen atoms in total. The van der Waals surface area contributed by atoms with Gasteiger partial charge >= 0.3 is 0 Å². The number of H-pyrrole nitrogens is 1. The summed E-state index contributed by atoms with van der Waals surface area (Å²) in [6.45, 7) is 1.95. The zero-order chi connectivity index (χ0) is 5.98. The Balaban J connectivity index is 0.000000640. The molecule has 0 spiro atoms. The lowest BCUT2D eigenvalue weighted by molar-refractivity contribution is 0.789. The van der Waals surface area contributed by atoms with Crippen LogP contribution in [0.3, 0.4) is 0 Å². The lowest BCUT2D eigenvalue weighted by Crippen LogP contribution is -2.04. The van der Waals surface area contributed by atoms with Gasteiger partial charge in [-0.3, -0.25) is 0 Å². The molecule has 1 atom stereocenters. The van der Waals surface area contributed by atoms with E-state index in [0.717, 1.165) is 5.69 Å². The molecule has 3 N–H and O–H groups in total. The standard InChI is InChI=1S/C6H10N2.ClH/c1-5(7)6-3-2-4-8-6;/h2-5,8H,7H2,1H3;1H/t5-;/m0./s1. The summed E-state index contributed by atoms with van der Waals surface area (Å²) in [6, 6.07) is 4.05. The highest BCUT2D eigenvalue weighted by molar-refractivity contribution is 5.85. The van der Waals surface area contributed by atoms with Gasteiger partial charge < -0.3 is 10.7 Å². The van der Waals surface area contributed by atoms with Gasteiger partial charge in [-0.25, -0.2) is 0 Å². The molecule has 0 aliphatic rings. The van der Waals surface area contributed by atoms with Crippen LogP contribution in [-0.2, 0) is 0 Å². The van der Waals surface area contributed by atoms with Crippen molar-refractivity contribution >= 4 is 12.4 Å². The Morgan fingerprint density at radius 1 is 1.67 bits per heavy atom. The molecule has 52 valence electrons. The molecule has 0 unspecified atom stereocenters. The first kappa shape index (κ1) is 8.53. The molecule has 3 heteroatoms. The number of aromatic amines is 1. The molecule has 0 saturated heterocycles. The van der Waals surface area contributed by atoms with Crippen molar-refractivity contribution in [2.45, 2.75) is 13.0 Å². The van der Waals surface area contributed by atoms with Crippen LogP contribution in [0.15, 0.2) is 18.3 Å². The van der Waals surface area contributed by atoms with Crippen LogP contribution in [0.25, 0.3) is 0 Å². The van der Waals surface area contributed by atoms with Gasteiger partial charge in [0.1, 0.15) is 0 Å². The van der Waals surface area contributed by atoms with E-state index in [0.29, 0.717) is 0 Å². The predicted octanol–water partition coefficient (Wildman–Crippen LogP) is 1.46. The maximum atomic E-state index is 5.53. The van der Waals surface area contributed by atoms with E-state index in [1.165, 1.54) is 0 Å². The average Bonchev–Trinajstić information content (AvgIpc) is 2.12. The maximum absolute atomic E-state index is 5.53. The van der Waals surface area contributed by atoms with Gasteiger partial charge in [-0.15, -0.1) is 12.4 Å². The van der Waals surface area contributed by atoms with Crippen LogP contribution in [0.5, 0.6) is 0 Å². The van der Waals surface area contributed by atoms with Gasteiger partial charge in [-0.05, 0) is 19.1 Å². The van der Waals surface area contributed by atoms with E-state index in [1.54, 1.807) is 0 Å². The Kier molecular flexibility index (Phi) is 3.35. The molecule has 9 heavy (non-hydrogen) atoms. The first-order valence-electron chi connectivity index (χ1n) is 2.69. The van der Waals surface area contributed by atoms with E-state index in [1.807, 2.05) is 25.3 Å².